The van der Waals surface area contributed by atoms with Crippen LogP contribution in [-0.2, 0) is 6.61 Å². The molecular formula is C25H28N2O4. The number of carbonyl (C=O) groups is 1. The van der Waals surface area contributed by atoms with Crippen molar-refractivity contribution in [1.82, 2.24) is 10.1 Å². The van der Waals surface area contributed by atoms with Crippen molar-refractivity contribution in [3.05, 3.63) is 76.2 Å². The molecule has 0 radical (unpaired) electrons. The first-order valence-electron chi connectivity index (χ1n) is 10.6. The molecule has 0 aliphatic carbocycles. The molecule has 4 rings (SSSR count). The third-order valence-corrected chi connectivity index (χ3v) is 5.94. The Bertz CT molecular complexity index is 1050. The zero-order valence-electron chi connectivity index (χ0n) is 18.5. The van der Waals surface area contributed by atoms with Crippen LogP contribution in [0.2, 0.25) is 0 Å². The molecule has 1 amide bonds. The van der Waals surface area contributed by atoms with E-state index in [0.29, 0.717) is 23.7 Å². The highest BCUT2D eigenvalue weighted by Crippen LogP contribution is 2.35. The minimum atomic E-state index is 0.0126. The Morgan fingerprint density at radius 3 is 2.58 bits per heavy atom. The molecular weight excluding hydrogens is 392 g/mol. The van der Waals surface area contributed by atoms with E-state index in [9.17, 15) is 4.79 Å². The first-order valence-corrected chi connectivity index (χ1v) is 10.6. The summed E-state index contributed by atoms with van der Waals surface area (Å²) in [5, 5.41) is 3.95. The molecule has 1 aromatic heterocycles. The quantitative estimate of drug-likeness (QED) is 0.551. The van der Waals surface area contributed by atoms with Gasteiger partial charge in [-0.05, 0) is 57.4 Å². The second-order valence-electron chi connectivity index (χ2n) is 8.02. The number of hydrogen-bond acceptors (Lipinski definition) is 5. The Kier molecular flexibility index (Phi) is 5.98. The predicted molar refractivity (Wildman–Crippen MR) is 117 cm³/mol. The zero-order chi connectivity index (χ0) is 22.0. The number of benzene rings is 2. The van der Waals surface area contributed by atoms with Crippen molar-refractivity contribution >= 4 is 5.91 Å². The number of nitrogens with zero attached hydrogens (tertiary/aromatic N) is 2. The molecule has 3 aromatic rings. The zero-order valence-corrected chi connectivity index (χ0v) is 18.5. The van der Waals surface area contributed by atoms with Crippen LogP contribution in [0.4, 0.5) is 0 Å². The normalized spacial score (nSPS) is 15.9. The number of aryl methyl sites for hydroxylation is 3. The van der Waals surface area contributed by atoms with Crippen molar-refractivity contribution in [2.45, 2.75) is 46.3 Å². The van der Waals surface area contributed by atoms with Gasteiger partial charge in [-0.15, -0.1) is 0 Å². The van der Waals surface area contributed by atoms with Crippen LogP contribution in [0.5, 0.6) is 11.5 Å². The average Bonchev–Trinajstić information content (AvgIpc) is 3.39. The largest absolute Gasteiger partial charge is 0.493 e. The van der Waals surface area contributed by atoms with Gasteiger partial charge in [-0.1, -0.05) is 35.0 Å². The lowest BCUT2D eigenvalue weighted by Crippen LogP contribution is -2.30. The fraction of sp³-hybridized carbons (Fsp3) is 0.360. The number of rotatable bonds is 6. The van der Waals surface area contributed by atoms with E-state index in [2.05, 4.69) is 36.3 Å². The predicted octanol–water partition coefficient (Wildman–Crippen LogP) is 5.16. The molecule has 31 heavy (non-hydrogen) atoms. The third-order valence-electron chi connectivity index (χ3n) is 5.94. The molecule has 1 atom stereocenters. The van der Waals surface area contributed by atoms with Crippen LogP contribution in [-0.4, -0.2) is 29.6 Å². The lowest BCUT2D eigenvalue weighted by atomic mass is 10.0. The highest BCUT2D eigenvalue weighted by atomic mass is 16.5. The summed E-state index contributed by atoms with van der Waals surface area (Å²) < 4.78 is 16.7. The number of likely N-dealkylation sites (tertiary alicyclic amines) is 1. The van der Waals surface area contributed by atoms with Crippen molar-refractivity contribution in [1.29, 1.82) is 0 Å². The van der Waals surface area contributed by atoms with Gasteiger partial charge in [0.25, 0.3) is 5.91 Å². The fourth-order valence-corrected chi connectivity index (χ4v) is 4.09. The van der Waals surface area contributed by atoms with Gasteiger partial charge in [0.1, 0.15) is 12.4 Å². The van der Waals surface area contributed by atoms with E-state index >= 15 is 0 Å². The summed E-state index contributed by atoms with van der Waals surface area (Å²) in [6, 6.07) is 13.9. The first kappa shape index (κ1) is 21.0. The van der Waals surface area contributed by atoms with Crippen LogP contribution in [0.15, 0.2) is 47.0 Å². The van der Waals surface area contributed by atoms with Crippen molar-refractivity contribution in [2.75, 3.05) is 13.7 Å². The van der Waals surface area contributed by atoms with Crippen molar-refractivity contribution in [2.24, 2.45) is 0 Å². The molecule has 6 nitrogen and oxygen atoms in total. The molecule has 0 bridgehead atoms. The summed E-state index contributed by atoms with van der Waals surface area (Å²) >= 11 is 0. The molecule has 2 aromatic carbocycles. The van der Waals surface area contributed by atoms with E-state index in [4.69, 9.17) is 14.0 Å². The molecule has 1 aliphatic heterocycles. The Morgan fingerprint density at radius 1 is 1.13 bits per heavy atom. The topological polar surface area (TPSA) is 64.8 Å². The molecule has 6 heteroatoms. The number of methoxy groups -OCH3 is 1. The first-order chi connectivity index (χ1) is 15.0. The van der Waals surface area contributed by atoms with E-state index in [1.54, 1.807) is 25.3 Å². The SMILES string of the molecule is COc1cc(C(=O)N2CCCC2c2ccc(C)cc2)ccc1OCc1c(C)noc1C. The van der Waals surface area contributed by atoms with Gasteiger partial charge in [0, 0.05) is 12.1 Å². The minimum absolute atomic E-state index is 0.0126. The van der Waals surface area contributed by atoms with Crippen LogP contribution in [0, 0.1) is 20.8 Å². The standard InChI is InChI=1S/C25H28N2O4/c1-16-7-9-19(10-8-16)22-6-5-13-27(22)25(28)20-11-12-23(24(14-20)29-4)30-15-21-17(2)26-31-18(21)3/h7-12,14,22H,5-6,13,15H2,1-4H3. The summed E-state index contributed by atoms with van der Waals surface area (Å²) in [5.74, 6) is 1.86. The fourth-order valence-electron chi connectivity index (χ4n) is 4.09. The monoisotopic (exact) mass is 420 g/mol. The molecule has 0 saturated carbocycles. The highest BCUT2D eigenvalue weighted by Gasteiger charge is 2.31. The molecule has 1 saturated heterocycles. The van der Waals surface area contributed by atoms with Gasteiger partial charge in [0.2, 0.25) is 0 Å². The van der Waals surface area contributed by atoms with Gasteiger partial charge in [0.15, 0.2) is 11.5 Å². The van der Waals surface area contributed by atoms with Crippen molar-refractivity contribution < 1.29 is 18.8 Å². The van der Waals surface area contributed by atoms with Crippen LogP contribution in [0.3, 0.4) is 0 Å². The molecule has 1 aliphatic rings. The number of hydrogen-bond donors (Lipinski definition) is 0. The second-order valence-corrected chi connectivity index (χ2v) is 8.02. The molecule has 0 N–H and O–H groups in total. The van der Waals surface area contributed by atoms with Crippen LogP contribution in [0.25, 0.3) is 0 Å². The van der Waals surface area contributed by atoms with Crippen LogP contribution in [0.1, 0.15) is 57.4 Å². The molecule has 1 unspecified atom stereocenters. The second kappa shape index (κ2) is 8.84. The summed E-state index contributed by atoms with van der Waals surface area (Å²) in [7, 11) is 1.58. The Hall–Kier alpha value is -3.28. The molecule has 162 valence electrons. The molecule has 1 fully saturated rings. The number of carbonyl (C=O) groups excluding carboxylic acids is 1. The number of amides is 1. The summed E-state index contributed by atoms with van der Waals surface area (Å²) in [6.07, 6.45) is 1.98. The molecule has 2 heterocycles. The Morgan fingerprint density at radius 2 is 1.90 bits per heavy atom. The highest BCUT2D eigenvalue weighted by molar-refractivity contribution is 5.95. The van der Waals surface area contributed by atoms with E-state index in [-0.39, 0.29) is 11.9 Å². The van der Waals surface area contributed by atoms with Gasteiger partial charge in [-0.25, -0.2) is 0 Å². The van der Waals surface area contributed by atoms with Gasteiger partial charge in [-0.3, -0.25) is 4.79 Å². The summed E-state index contributed by atoms with van der Waals surface area (Å²) in [6.45, 7) is 6.90. The maximum absolute atomic E-state index is 13.3. The van der Waals surface area contributed by atoms with E-state index in [0.717, 1.165) is 36.4 Å². The summed E-state index contributed by atoms with van der Waals surface area (Å²) in [5.41, 5.74) is 4.72. The Labute approximate surface area is 182 Å². The third kappa shape index (κ3) is 4.29. The maximum Gasteiger partial charge on any atom is 0.254 e. The maximum atomic E-state index is 13.3. The van der Waals surface area contributed by atoms with E-state index < -0.39 is 0 Å². The van der Waals surface area contributed by atoms with Crippen molar-refractivity contribution in [3.8, 4) is 11.5 Å². The summed E-state index contributed by atoms with van der Waals surface area (Å²) in [4.78, 5) is 15.3. The minimum Gasteiger partial charge on any atom is -0.493 e. The van der Waals surface area contributed by atoms with E-state index in [1.807, 2.05) is 18.7 Å². The van der Waals surface area contributed by atoms with Gasteiger partial charge in [0.05, 0.1) is 24.4 Å². The van der Waals surface area contributed by atoms with Crippen molar-refractivity contribution in [3.63, 3.8) is 0 Å². The average molecular weight is 421 g/mol. The lowest BCUT2D eigenvalue weighted by Gasteiger charge is -2.25. The lowest BCUT2D eigenvalue weighted by molar-refractivity contribution is 0.0735. The number of ether oxygens (including phenoxy) is 2. The molecule has 0 spiro atoms. The van der Waals surface area contributed by atoms with Gasteiger partial charge < -0.3 is 18.9 Å². The van der Waals surface area contributed by atoms with Gasteiger partial charge >= 0.3 is 0 Å². The van der Waals surface area contributed by atoms with E-state index in [1.165, 1.54) is 11.1 Å². The Balaban J connectivity index is 1.52. The van der Waals surface area contributed by atoms with Gasteiger partial charge in [-0.2, -0.15) is 0 Å². The van der Waals surface area contributed by atoms with Crippen LogP contribution >= 0.6 is 0 Å². The smallest absolute Gasteiger partial charge is 0.254 e. The number of aromatic nitrogens is 1. The van der Waals surface area contributed by atoms with Crippen LogP contribution < -0.4 is 9.47 Å².